The predicted octanol–water partition coefficient (Wildman–Crippen LogP) is 1.93. The lowest BCUT2D eigenvalue weighted by atomic mass is 10.5. The Morgan fingerprint density at radius 1 is 0.895 bits per heavy atom. The van der Waals surface area contributed by atoms with Gasteiger partial charge in [0, 0.05) is 12.2 Å². The minimum atomic E-state index is -0.775. The second-order valence-electron chi connectivity index (χ2n) is 2.72. The molecule has 0 saturated heterocycles. The lowest BCUT2D eigenvalue weighted by Crippen LogP contribution is -2.13. The fraction of sp³-hybridized carbons (Fsp3) is 0.0769. The number of hydrogen-bond donors (Lipinski definition) is 0. The molecule has 0 bridgehead atoms. The summed E-state index contributed by atoms with van der Waals surface area (Å²) in [6.45, 7) is 12.7. The molecule has 6 heteroatoms. The maximum atomic E-state index is 11.2. The van der Waals surface area contributed by atoms with Gasteiger partial charge in [-0.2, -0.15) is 0 Å². The molecule has 102 valence electrons. The van der Waals surface area contributed by atoms with Gasteiger partial charge in [-0.1, -0.05) is 26.3 Å². The summed E-state index contributed by atoms with van der Waals surface area (Å²) in [5.41, 5.74) is 0. The number of carbonyl (C=O) groups is 2. The molecule has 0 aliphatic heterocycles. The fourth-order valence-electron chi connectivity index (χ4n) is 0.799. The van der Waals surface area contributed by atoms with E-state index < -0.39 is 18.5 Å². The van der Waals surface area contributed by atoms with E-state index in [4.69, 9.17) is 18.9 Å². The molecule has 0 radical (unpaired) electrons. The lowest BCUT2D eigenvalue weighted by Gasteiger charge is -2.11. The van der Waals surface area contributed by atoms with Crippen LogP contribution in [0.2, 0.25) is 0 Å². The first kappa shape index (κ1) is 16.2. The van der Waals surface area contributed by atoms with E-state index in [1.165, 1.54) is 0 Å². The van der Waals surface area contributed by atoms with Crippen molar-refractivity contribution in [2.24, 2.45) is 0 Å². The largest absolute Gasteiger partial charge is 0.454 e. The fourth-order valence-corrected chi connectivity index (χ4v) is 0.799. The van der Waals surface area contributed by atoms with E-state index >= 15 is 0 Å². The van der Waals surface area contributed by atoms with Crippen molar-refractivity contribution in [3.63, 3.8) is 0 Å². The van der Waals surface area contributed by atoms with Gasteiger partial charge in [-0.05, 0) is 0 Å². The van der Waals surface area contributed by atoms with Crippen LogP contribution in [0.3, 0.4) is 0 Å². The summed E-state index contributed by atoms with van der Waals surface area (Å²) in [6.07, 6.45) is 3.95. The van der Waals surface area contributed by atoms with Gasteiger partial charge >= 0.3 is 17.9 Å². The van der Waals surface area contributed by atoms with Crippen LogP contribution in [0.25, 0.3) is 0 Å². The Morgan fingerprint density at radius 3 is 1.84 bits per heavy atom. The molecule has 6 nitrogen and oxygen atoms in total. The van der Waals surface area contributed by atoms with Crippen molar-refractivity contribution in [2.45, 2.75) is 0 Å². The summed E-state index contributed by atoms with van der Waals surface area (Å²) in [6, 6.07) is 0. The molecule has 0 aromatic carbocycles. The molecule has 0 fully saturated rings. The standard InChI is InChI=1S/C13H14O6/c1-5-11(14)18-9-10(19-12(15)6-2)13(16-7-3)17-8-4/h5-8H,1-4,9H2. The number of hydrogen-bond acceptors (Lipinski definition) is 6. The zero-order valence-corrected chi connectivity index (χ0v) is 10.3. The van der Waals surface area contributed by atoms with Crippen LogP contribution in [0.4, 0.5) is 0 Å². The Morgan fingerprint density at radius 2 is 1.42 bits per heavy atom. The summed E-state index contributed by atoms with van der Waals surface area (Å²) in [5.74, 6) is -1.90. The van der Waals surface area contributed by atoms with Crippen LogP contribution in [0.5, 0.6) is 0 Å². The molecule has 0 heterocycles. The van der Waals surface area contributed by atoms with Crippen LogP contribution >= 0.6 is 0 Å². The zero-order chi connectivity index (χ0) is 14.7. The molecule has 0 aliphatic carbocycles. The molecule has 0 amide bonds. The quantitative estimate of drug-likeness (QED) is 0.361. The van der Waals surface area contributed by atoms with Crippen molar-refractivity contribution >= 4 is 11.9 Å². The summed E-state index contributed by atoms with van der Waals surface area (Å²) in [7, 11) is 0. The molecular weight excluding hydrogens is 252 g/mol. The summed E-state index contributed by atoms with van der Waals surface area (Å²) >= 11 is 0. The average molecular weight is 266 g/mol. The first-order valence-corrected chi connectivity index (χ1v) is 5.00. The Labute approximate surface area is 110 Å². The van der Waals surface area contributed by atoms with E-state index in [0.717, 1.165) is 24.7 Å². The highest BCUT2D eigenvalue weighted by molar-refractivity contribution is 5.82. The monoisotopic (exact) mass is 266 g/mol. The van der Waals surface area contributed by atoms with Crippen molar-refractivity contribution in [3.05, 3.63) is 62.7 Å². The molecule has 0 unspecified atom stereocenters. The Kier molecular flexibility index (Phi) is 7.94. The van der Waals surface area contributed by atoms with Gasteiger partial charge in [0.15, 0.2) is 6.61 Å². The van der Waals surface area contributed by atoms with E-state index in [1.807, 2.05) is 0 Å². The normalized spacial score (nSPS) is 8.42. The van der Waals surface area contributed by atoms with Gasteiger partial charge in [-0.3, -0.25) is 0 Å². The molecule has 0 atom stereocenters. The highest BCUT2D eigenvalue weighted by Gasteiger charge is 2.16. The van der Waals surface area contributed by atoms with Crippen LogP contribution in [0.15, 0.2) is 62.7 Å². The van der Waals surface area contributed by atoms with Crippen molar-refractivity contribution < 1.29 is 28.5 Å². The maximum Gasteiger partial charge on any atom is 0.335 e. The van der Waals surface area contributed by atoms with Crippen LogP contribution in [0.1, 0.15) is 0 Å². The summed E-state index contributed by atoms with van der Waals surface area (Å²) in [4.78, 5) is 22.1. The highest BCUT2D eigenvalue weighted by Crippen LogP contribution is 2.12. The average Bonchev–Trinajstić information content (AvgIpc) is 2.42. The smallest absolute Gasteiger partial charge is 0.335 e. The van der Waals surface area contributed by atoms with Crippen LogP contribution in [-0.4, -0.2) is 18.5 Å². The molecule has 0 rings (SSSR count). The van der Waals surface area contributed by atoms with Gasteiger partial charge in [0.05, 0.1) is 12.5 Å². The number of rotatable bonds is 9. The molecule has 0 saturated carbocycles. The molecular formula is C13H14O6. The first-order chi connectivity index (χ1) is 9.08. The minimum Gasteiger partial charge on any atom is -0.454 e. The van der Waals surface area contributed by atoms with Crippen molar-refractivity contribution in [1.29, 1.82) is 0 Å². The Balaban J connectivity index is 5.10. The van der Waals surface area contributed by atoms with E-state index in [9.17, 15) is 9.59 Å². The Bertz CT molecular complexity index is 407. The molecule has 0 aromatic rings. The third-order valence-electron chi connectivity index (χ3n) is 1.51. The topological polar surface area (TPSA) is 71.1 Å². The van der Waals surface area contributed by atoms with Crippen molar-refractivity contribution in [2.75, 3.05) is 6.61 Å². The SMILES string of the molecule is C=COC(OC=C)=C(COC(=O)C=C)OC(=O)C=C. The van der Waals surface area contributed by atoms with Crippen LogP contribution < -0.4 is 0 Å². The van der Waals surface area contributed by atoms with E-state index in [2.05, 4.69) is 26.3 Å². The summed E-state index contributed by atoms with van der Waals surface area (Å²) in [5, 5.41) is 0. The van der Waals surface area contributed by atoms with Gasteiger partial charge in [-0.15, -0.1) is 0 Å². The first-order valence-electron chi connectivity index (χ1n) is 5.00. The van der Waals surface area contributed by atoms with Crippen LogP contribution in [0, 0.1) is 0 Å². The van der Waals surface area contributed by atoms with Gasteiger partial charge in [0.1, 0.15) is 0 Å². The van der Waals surface area contributed by atoms with Crippen LogP contribution in [-0.2, 0) is 28.5 Å². The van der Waals surface area contributed by atoms with Crippen molar-refractivity contribution in [1.82, 2.24) is 0 Å². The van der Waals surface area contributed by atoms with Crippen molar-refractivity contribution in [3.8, 4) is 0 Å². The summed E-state index contributed by atoms with van der Waals surface area (Å²) < 4.78 is 19.3. The van der Waals surface area contributed by atoms with Gasteiger partial charge in [0.25, 0.3) is 0 Å². The van der Waals surface area contributed by atoms with Gasteiger partial charge in [0.2, 0.25) is 5.76 Å². The highest BCUT2D eigenvalue weighted by atomic mass is 16.7. The predicted molar refractivity (Wildman–Crippen MR) is 67.0 cm³/mol. The lowest BCUT2D eigenvalue weighted by molar-refractivity contribution is -0.142. The molecule has 0 N–H and O–H groups in total. The third-order valence-corrected chi connectivity index (χ3v) is 1.51. The minimum absolute atomic E-state index is 0.181. The van der Waals surface area contributed by atoms with E-state index in [0.29, 0.717) is 0 Å². The number of esters is 2. The van der Waals surface area contributed by atoms with E-state index in [1.54, 1.807) is 0 Å². The second-order valence-corrected chi connectivity index (χ2v) is 2.72. The number of ether oxygens (including phenoxy) is 4. The molecule has 0 spiro atoms. The third kappa shape index (κ3) is 6.52. The second kappa shape index (κ2) is 9.29. The maximum absolute atomic E-state index is 11.2. The number of carbonyl (C=O) groups excluding carboxylic acids is 2. The van der Waals surface area contributed by atoms with Gasteiger partial charge < -0.3 is 18.9 Å². The Hall–Kier alpha value is -2.76. The van der Waals surface area contributed by atoms with E-state index in [-0.39, 0.29) is 11.7 Å². The molecule has 0 aliphatic rings. The molecule has 19 heavy (non-hydrogen) atoms. The molecule has 0 aromatic heterocycles. The zero-order valence-electron chi connectivity index (χ0n) is 10.3. The van der Waals surface area contributed by atoms with Gasteiger partial charge in [-0.25, -0.2) is 9.59 Å².